The summed E-state index contributed by atoms with van der Waals surface area (Å²) in [6, 6.07) is 3.51. The molecule has 0 aliphatic heterocycles. The topological polar surface area (TPSA) is 120 Å². The predicted octanol–water partition coefficient (Wildman–Crippen LogP) is 2.69. The molecule has 0 bridgehead atoms. The molecule has 21 heavy (non-hydrogen) atoms. The number of halogens is 1. The molecule has 4 N–H and O–H groups in total. The largest absolute Gasteiger partial charge is 0.333 e. The molecule has 0 fully saturated rings. The predicted molar refractivity (Wildman–Crippen MR) is 80.9 cm³/mol. The minimum atomic E-state index is -0.628. The van der Waals surface area contributed by atoms with Gasteiger partial charge in [0.05, 0.1) is 9.95 Å². The Morgan fingerprint density at radius 2 is 2.00 bits per heavy atom. The van der Waals surface area contributed by atoms with Crippen LogP contribution in [0.5, 0.6) is 0 Å². The maximum absolute atomic E-state index is 11.6. The van der Waals surface area contributed by atoms with Crippen molar-refractivity contribution in [1.82, 2.24) is 10.6 Å². The van der Waals surface area contributed by atoms with E-state index in [2.05, 4.69) is 16.0 Å². The van der Waals surface area contributed by atoms with Gasteiger partial charge in [0.1, 0.15) is 5.69 Å². The standard InChI is InChI=1S/C12H16ClN5O3/c1-12(2,3)17-11(19)16-10(14)15-9-7(13)5-4-6-8(9)18(20)21/h4-6H,1-3H3,(H4,14,15,16,17,19). The Morgan fingerprint density at radius 1 is 1.38 bits per heavy atom. The van der Waals surface area contributed by atoms with Crippen molar-refractivity contribution in [2.24, 2.45) is 0 Å². The fourth-order valence-corrected chi connectivity index (χ4v) is 1.65. The van der Waals surface area contributed by atoms with E-state index < -0.39 is 22.5 Å². The lowest BCUT2D eigenvalue weighted by Crippen LogP contribution is -2.49. The first-order valence-corrected chi connectivity index (χ1v) is 6.35. The van der Waals surface area contributed by atoms with Crippen molar-refractivity contribution in [3.05, 3.63) is 33.3 Å². The highest BCUT2D eigenvalue weighted by molar-refractivity contribution is 6.34. The number of guanidine groups is 1. The Labute approximate surface area is 126 Å². The molecule has 0 radical (unpaired) electrons. The number of nitrogens with one attached hydrogen (secondary N) is 4. The smallest absolute Gasteiger partial charge is 0.321 e. The lowest BCUT2D eigenvalue weighted by atomic mass is 10.1. The van der Waals surface area contributed by atoms with Crippen molar-refractivity contribution >= 4 is 35.0 Å². The highest BCUT2D eigenvalue weighted by atomic mass is 35.5. The third-order valence-electron chi connectivity index (χ3n) is 2.17. The molecule has 0 saturated heterocycles. The second-order valence-electron chi connectivity index (χ2n) is 5.22. The summed E-state index contributed by atoms with van der Waals surface area (Å²) < 4.78 is 0. The Bertz CT molecular complexity index is 583. The van der Waals surface area contributed by atoms with Crippen molar-refractivity contribution in [3.8, 4) is 0 Å². The fraction of sp³-hybridized carbons (Fsp3) is 0.333. The molecule has 8 nitrogen and oxygen atoms in total. The average Bonchev–Trinajstić information content (AvgIpc) is 2.28. The van der Waals surface area contributed by atoms with Crippen LogP contribution in [0.4, 0.5) is 16.2 Å². The van der Waals surface area contributed by atoms with Gasteiger partial charge in [-0.3, -0.25) is 20.8 Å². The summed E-state index contributed by atoms with van der Waals surface area (Å²) in [5.41, 5.74) is -0.809. The number of anilines is 1. The third kappa shape index (κ3) is 5.27. The van der Waals surface area contributed by atoms with E-state index in [4.69, 9.17) is 17.0 Å². The number of rotatable bonds is 2. The van der Waals surface area contributed by atoms with Gasteiger partial charge in [0.25, 0.3) is 5.69 Å². The van der Waals surface area contributed by atoms with E-state index in [9.17, 15) is 14.9 Å². The molecule has 1 rings (SSSR count). The van der Waals surface area contributed by atoms with Gasteiger partial charge in [-0.2, -0.15) is 0 Å². The van der Waals surface area contributed by atoms with Crippen LogP contribution in [-0.2, 0) is 0 Å². The van der Waals surface area contributed by atoms with Gasteiger partial charge < -0.3 is 10.6 Å². The molecule has 0 spiro atoms. The van der Waals surface area contributed by atoms with Crippen molar-refractivity contribution in [1.29, 1.82) is 5.41 Å². The first-order chi connectivity index (χ1) is 9.60. The van der Waals surface area contributed by atoms with Gasteiger partial charge in [0, 0.05) is 11.6 Å². The second kappa shape index (κ2) is 6.40. The maximum Gasteiger partial charge on any atom is 0.321 e. The zero-order valence-electron chi connectivity index (χ0n) is 11.8. The van der Waals surface area contributed by atoms with Crippen LogP contribution in [0, 0.1) is 15.5 Å². The second-order valence-corrected chi connectivity index (χ2v) is 5.63. The average molecular weight is 314 g/mol. The van der Waals surface area contributed by atoms with E-state index in [1.54, 1.807) is 20.8 Å². The normalized spacial score (nSPS) is 10.7. The van der Waals surface area contributed by atoms with E-state index in [0.717, 1.165) is 0 Å². The van der Waals surface area contributed by atoms with Crippen molar-refractivity contribution in [2.45, 2.75) is 26.3 Å². The van der Waals surface area contributed by atoms with Gasteiger partial charge >= 0.3 is 6.03 Å². The molecule has 114 valence electrons. The Kier molecular flexibility index (Phi) is 5.09. The number of carbonyl (C=O) groups excluding carboxylic acids is 1. The SMILES string of the molecule is CC(C)(C)NC(=O)NC(=N)Nc1c(Cl)cccc1[N+](=O)[O-]. The molecule has 0 unspecified atom stereocenters. The summed E-state index contributed by atoms with van der Waals surface area (Å²) in [5, 5.41) is 25.8. The zero-order chi connectivity index (χ0) is 16.2. The maximum atomic E-state index is 11.6. The number of carbonyl (C=O) groups is 1. The Hall–Kier alpha value is -2.35. The quantitative estimate of drug-likeness (QED) is 0.290. The van der Waals surface area contributed by atoms with E-state index in [0.29, 0.717) is 0 Å². The van der Waals surface area contributed by atoms with E-state index in [1.807, 2.05) is 0 Å². The summed E-state index contributed by atoms with van der Waals surface area (Å²) in [7, 11) is 0. The van der Waals surface area contributed by atoms with Crippen LogP contribution in [0.25, 0.3) is 0 Å². The van der Waals surface area contributed by atoms with Crippen molar-refractivity contribution in [3.63, 3.8) is 0 Å². The summed E-state index contributed by atoms with van der Waals surface area (Å²) >= 11 is 5.87. The summed E-state index contributed by atoms with van der Waals surface area (Å²) in [5.74, 6) is -0.423. The van der Waals surface area contributed by atoms with Crippen molar-refractivity contribution in [2.75, 3.05) is 5.32 Å². The minimum Gasteiger partial charge on any atom is -0.333 e. The van der Waals surface area contributed by atoms with Gasteiger partial charge in [0.15, 0.2) is 0 Å². The Morgan fingerprint density at radius 3 is 2.52 bits per heavy atom. The van der Waals surface area contributed by atoms with Crippen LogP contribution in [-0.4, -0.2) is 22.5 Å². The van der Waals surface area contributed by atoms with Crippen LogP contribution < -0.4 is 16.0 Å². The highest BCUT2D eigenvalue weighted by Gasteiger charge is 2.19. The molecule has 9 heteroatoms. The lowest BCUT2D eigenvalue weighted by Gasteiger charge is -2.21. The fourth-order valence-electron chi connectivity index (χ4n) is 1.43. The van der Waals surface area contributed by atoms with Crippen LogP contribution in [0.1, 0.15) is 20.8 Å². The first-order valence-electron chi connectivity index (χ1n) is 5.98. The van der Waals surface area contributed by atoms with Crippen LogP contribution in [0.2, 0.25) is 5.02 Å². The first kappa shape index (κ1) is 16.7. The number of urea groups is 1. The molecule has 2 amide bonds. The summed E-state index contributed by atoms with van der Waals surface area (Å²) in [6.45, 7) is 5.34. The zero-order valence-corrected chi connectivity index (χ0v) is 12.5. The van der Waals surface area contributed by atoms with Gasteiger partial charge in [-0.05, 0) is 26.8 Å². The number of nitrogens with zero attached hydrogens (tertiary/aromatic N) is 1. The molecule has 0 heterocycles. The van der Waals surface area contributed by atoms with Gasteiger partial charge in [-0.15, -0.1) is 0 Å². The van der Waals surface area contributed by atoms with E-state index in [-0.39, 0.29) is 16.4 Å². The van der Waals surface area contributed by atoms with E-state index >= 15 is 0 Å². The number of hydrogen-bond donors (Lipinski definition) is 4. The number of amides is 2. The highest BCUT2D eigenvalue weighted by Crippen LogP contribution is 2.31. The van der Waals surface area contributed by atoms with Crippen LogP contribution >= 0.6 is 11.6 Å². The number of hydrogen-bond acceptors (Lipinski definition) is 4. The molecule has 1 aromatic rings. The van der Waals surface area contributed by atoms with Gasteiger partial charge in [0.2, 0.25) is 5.96 Å². The van der Waals surface area contributed by atoms with Gasteiger partial charge in [-0.1, -0.05) is 17.7 Å². The summed E-state index contributed by atoms with van der Waals surface area (Å²) in [6.07, 6.45) is 0. The van der Waals surface area contributed by atoms with Crippen molar-refractivity contribution < 1.29 is 9.72 Å². The van der Waals surface area contributed by atoms with E-state index in [1.165, 1.54) is 18.2 Å². The lowest BCUT2D eigenvalue weighted by molar-refractivity contribution is -0.383. The Balaban J connectivity index is 2.81. The molecule has 0 aliphatic rings. The molecule has 0 atom stereocenters. The number of nitro groups is 1. The van der Waals surface area contributed by atoms with Gasteiger partial charge in [-0.25, -0.2) is 4.79 Å². The third-order valence-corrected chi connectivity index (χ3v) is 2.48. The minimum absolute atomic E-state index is 0.0507. The molecular weight excluding hydrogens is 298 g/mol. The molecular formula is C12H16ClN5O3. The number of nitro benzene ring substituents is 1. The summed E-state index contributed by atoms with van der Waals surface area (Å²) in [4.78, 5) is 21.9. The van der Waals surface area contributed by atoms with Crippen LogP contribution in [0.15, 0.2) is 18.2 Å². The number of para-hydroxylation sites is 1. The molecule has 1 aromatic carbocycles. The van der Waals surface area contributed by atoms with Crippen LogP contribution in [0.3, 0.4) is 0 Å². The molecule has 0 saturated carbocycles. The number of benzene rings is 1. The molecule has 0 aliphatic carbocycles. The monoisotopic (exact) mass is 313 g/mol. The molecule has 0 aromatic heterocycles.